The maximum Gasteiger partial charge on any atom is 0.0110 e. The van der Waals surface area contributed by atoms with Crippen LogP contribution in [0.4, 0.5) is 0 Å². The lowest BCUT2D eigenvalue weighted by atomic mass is 9.85. The second kappa shape index (κ2) is 4.73. The molecular weight excluding hydrogens is 122 g/mol. The summed E-state index contributed by atoms with van der Waals surface area (Å²) in [5.74, 6) is 0. The van der Waals surface area contributed by atoms with Crippen LogP contribution in [0.15, 0.2) is 0 Å². The zero-order valence-corrected chi connectivity index (χ0v) is 7.28. The largest absolute Gasteiger partial charge is 0.316 e. The molecule has 0 bridgehead atoms. The van der Waals surface area contributed by atoms with Gasteiger partial charge in [0.2, 0.25) is 0 Å². The van der Waals surface area contributed by atoms with Gasteiger partial charge in [-0.3, -0.25) is 0 Å². The molecule has 0 unspecified atom stereocenters. The molecule has 0 heterocycles. The molecule has 0 aromatic carbocycles. The lowest BCUT2D eigenvalue weighted by Gasteiger charge is -2.29. The zero-order chi connectivity index (χ0) is 7.49. The summed E-state index contributed by atoms with van der Waals surface area (Å²) in [5.41, 5.74) is 0.406. The lowest BCUT2D eigenvalue weighted by molar-refractivity contribution is 0.275. The number of hydrogen-bond donors (Lipinski definition) is 1. The summed E-state index contributed by atoms with van der Waals surface area (Å²) in [6.07, 6.45) is 1.21. The van der Waals surface area contributed by atoms with E-state index in [1.54, 1.807) is 0 Å². The van der Waals surface area contributed by atoms with E-state index in [1.165, 1.54) is 6.42 Å². The maximum absolute atomic E-state index is 3.29. The Kier molecular flexibility index (Phi) is 5.96. The second-order valence-electron chi connectivity index (χ2n) is 3.62. The number of rotatable bonds is 2. The van der Waals surface area contributed by atoms with Crippen LogP contribution < -0.4 is 5.32 Å². The number of hydrogen-bond acceptors (Lipinski definition) is 1. The van der Waals surface area contributed by atoms with Gasteiger partial charge >= 0.3 is 0 Å². The van der Waals surface area contributed by atoms with Crippen LogP contribution in [-0.2, 0) is 0 Å². The van der Waals surface area contributed by atoms with Gasteiger partial charge in [-0.2, -0.15) is 0 Å². The second-order valence-corrected chi connectivity index (χ2v) is 3.62. The molecule has 0 amide bonds. The summed E-state index contributed by atoms with van der Waals surface area (Å²) in [5, 5.41) is 3.29. The third kappa shape index (κ3) is 3.89. The first kappa shape index (κ1) is 12.6. The van der Waals surface area contributed by atoms with Crippen LogP contribution in [0.2, 0.25) is 0 Å². The van der Waals surface area contributed by atoms with E-state index >= 15 is 0 Å². The molecule has 1 heteroatoms. The fourth-order valence-electron chi connectivity index (χ4n) is 1.25. The normalized spacial score (nSPS) is 14.1. The highest BCUT2D eigenvalue weighted by molar-refractivity contribution is 4.77. The SMILES string of the molecule is C.CC[C@@H](NC)C(C)(C)C. The predicted molar refractivity (Wildman–Crippen MR) is 49.3 cm³/mol. The number of nitrogens with one attached hydrogen (secondary N) is 1. The molecule has 0 fully saturated rings. The van der Waals surface area contributed by atoms with Gasteiger partial charge in [0, 0.05) is 6.04 Å². The first-order chi connectivity index (χ1) is 4.02. The molecular formula is C9H23N. The van der Waals surface area contributed by atoms with Crippen molar-refractivity contribution in [3.8, 4) is 0 Å². The summed E-state index contributed by atoms with van der Waals surface area (Å²) in [4.78, 5) is 0. The highest BCUT2D eigenvalue weighted by Gasteiger charge is 2.20. The average molecular weight is 145 g/mol. The van der Waals surface area contributed by atoms with E-state index in [-0.39, 0.29) is 7.43 Å². The minimum Gasteiger partial charge on any atom is -0.316 e. The Balaban J connectivity index is 0. The van der Waals surface area contributed by atoms with Gasteiger partial charge in [-0.15, -0.1) is 0 Å². The summed E-state index contributed by atoms with van der Waals surface area (Å²) in [6, 6.07) is 0.650. The highest BCUT2D eigenvalue weighted by Crippen LogP contribution is 2.20. The Labute approximate surface area is 66.2 Å². The van der Waals surface area contributed by atoms with Gasteiger partial charge in [-0.25, -0.2) is 0 Å². The van der Waals surface area contributed by atoms with Crippen molar-refractivity contribution in [1.29, 1.82) is 0 Å². The van der Waals surface area contributed by atoms with Crippen molar-refractivity contribution in [1.82, 2.24) is 5.32 Å². The minimum absolute atomic E-state index is 0. The van der Waals surface area contributed by atoms with Crippen molar-refractivity contribution >= 4 is 0 Å². The molecule has 10 heavy (non-hydrogen) atoms. The predicted octanol–water partition coefficient (Wildman–Crippen LogP) is 2.67. The van der Waals surface area contributed by atoms with Crippen molar-refractivity contribution in [2.75, 3.05) is 7.05 Å². The summed E-state index contributed by atoms with van der Waals surface area (Å²) >= 11 is 0. The zero-order valence-electron chi connectivity index (χ0n) is 7.28. The standard InChI is InChI=1S/C8H19N.CH4/c1-6-7(9-5)8(2,3)4;/h7,9H,6H2,1-5H3;1H4/t7-;/m1./s1. The van der Waals surface area contributed by atoms with Gasteiger partial charge < -0.3 is 5.32 Å². The average Bonchev–Trinajstić information content (AvgIpc) is 1.65. The van der Waals surface area contributed by atoms with E-state index < -0.39 is 0 Å². The molecule has 1 nitrogen and oxygen atoms in total. The van der Waals surface area contributed by atoms with Gasteiger partial charge in [0.25, 0.3) is 0 Å². The molecule has 0 saturated heterocycles. The molecule has 0 aromatic heterocycles. The first-order valence-electron chi connectivity index (χ1n) is 3.69. The van der Waals surface area contributed by atoms with Crippen molar-refractivity contribution < 1.29 is 0 Å². The van der Waals surface area contributed by atoms with E-state index in [1.807, 2.05) is 7.05 Å². The molecule has 1 atom stereocenters. The van der Waals surface area contributed by atoms with E-state index in [0.717, 1.165) is 0 Å². The Morgan fingerprint density at radius 3 is 1.70 bits per heavy atom. The van der Waals surface area contributed by atoms with E-state index in [0.29, 0.717) is 11.5 Å². The maximum atomic E-state index is 3.29. The topological polar surface area (TPSA) is 12.0 Å². The molecule has 0 aliphatic rings. The molecule has 0 radical (unpaired) electrons. The van der Waals surface area contributed by atoms with Crippen LogP contribution in [0.3, 0.4) is 0 Å². The van der Waals surface area contributed by atoms with Gasteiger partial charge in [0.05, 0.1) is 0 Å². The van der Waals surface area contributed by atoms with Crippen LogP contribution in [0.25, 0.3) is 0 Å². The van der Waals surface area contributed by atoms with Gasteiger partial charge in [-0.05, 0) is 18.9 Å². The molecule has 0 aliphatic heterocycles. The first-order valence-corrected chi connectivity index (χ1v) is 3.69. The van der Waals surface area contributed by atoms with E-state index in [4.69, 9.17) is 0 Å². The smallest absolute Gasteiger partial charge is 0.0110 e. The van der Waals surface area contributed by atoms with Crippen LogP contribution >= 0.6 is 0 Å². The van der Waals surface area contributed by atoms with Crippen molar-refractivity contribution in [3.05, 3.63) is 0 Å². The molecule has 0 spiro atoms. The van der Waals surface area contributed by atoms with Gasteiger partial charge in [0.15, 0.2) is 0 Å². The molecule has 64 valence electrons. The fourth-order valence-corrected chi connectivity index (χ4v) is 1.25. The Hall–Kier alpha value is -0.0400. The third-order valence-electron chi connectivity index (χ3n) is 1.80. The van der Waals surface area contributed by atoms with Gasteiger partial charge in [-0.1, -0.05) is 35.1 Å². The van der Waals surface area contributed by atoms with Crippen LogP contribution in [0.5, 0.6) is 0 Å². The highest BCUT2D eigenvalue weighted by atomic mass is 14.9. The van der Waals surface area contributed by atoms with Crippen molar-refractivity contribution in [2.24, 2.45) is 5.41 Å². The van der Waals surface area contributed by atoms with E-state index in [2.05, 4.69) is 33.0 Å². The Bertz CT molecular complexity index is 67.3. The fraction of sp³-hybridized carbons (Fsp3) is 1.00. The van der Waals surface area contributed by atoms with Gasteiger partial charge in [0.1, 0.15) is 0 Å². The van der Waals surface area contributed by atoms with Crippen LogP contribution in [0, 0.1) is 5.41 Å². The third-order valence-corrected chi connectivity index (χ3v) is 1.80. The Morgan fingerprint density at radius 2 is 1.70 bits per heavy atom. The Morgan fingerprint density at radius 1 is 1.30 bits per heavy atom. The monoisotopic (exact) mass is 145 g/mol. The van der Waals surface area contributed by atoms with E-state index in [9.17, 15) is 0 Å². The van der Waals surface area contributed by atoms with Crippen molar-refractivity contribution in [2.45, 2.75) is 47.6 Å². The molecule has 0 saturated carbocycles. The molecule has 1 N–H and O–H groups in total. The summed E-state index contributed by atoms with van der Waals surface area (Å²) < 4.78 is 0. The summed E-state index contributed by atoms with van der Waals surface area (Å²) in [6.45, 7) is 9.00. The van der Waals surface area contributed by atoms with Crippen LogP contribution in [-0.4, -0.2) is 13.1 Å². The molecule has 0 rings (SSSR count). The quantitative estimate of drug-likeness (QED) is 0.630. The van der Waals surface area contributed by atoms with Crippen LogP contribution in [0.1, 0.15) is 41.5 Å². The molecule has 0 aliphatic carbocycles. The molecule has 0 aromatic rings. The minimum atomic E-state index is 0. The lowest BCUT2D eigenvalue weighted by Crippen LogP contribution is -2.37. The summed E-state index contributed by atoms with van der Waals surface area (Å²) in [7, 11) is 2.03. The van der Waals surface area contributed by atoms with Crippen molar-refractivity contribution in [3.63, 3.8) is 0 Å².